The third-order valence-corrected chi connectivity index (χ3v) is 3.71. The van der Waals surface area contributed by atoms with E-state index >= 15 is 0 Å². The average Bonchev–Trinajstić information content (AvgIpc) is 2.96. The number of hydrogen-bond acceptors (Lipinski definition) is 5. The molecule has 1 atom stereocenters. The van der Waals surface area contributed by atoms with Crippen molar-refractivity contribution < 1.29 is 9.90 Å². The minimum Gasteiger partial charge on any atom is -0.477 e. The highest BCUT2D eigenvalue weighted by molar-refractivity contribution is 7.98. The van der Waals surface area contributed by atoms with Crippen molar-refractivity contribution in [2.24, 2.45) is 0 Å². The first kappa shape index (κ1) is 14.4. The van der Waals surface area contributed by atoms with Crippen LogP contribution in [0.4, 0.5) is 5.95 Å². The van der Waals surface area contributed by atoms with Gasteiger partial charge in [0, 0.05) is 0 Å². The molecule has 0 unspecified atom stereocenters. The molecule has 0 radical (unpaired) electrons. The average molecular weight is 314 g/mol. The van der Waals surface area contributed by atoms with Gasteiger partial charge in [-0.1, -0.05) is 54.2 Å². The fraction of sp³-hybridized carbons (Fsp3) is 0.133. The number of fused-ring (bicyclic) bond motifs is 1. The zero-order valence-electron chi connectivity index (χ0n) is 11.8. The minimum absolute atomic E-state index is 0.107. The van der Waals surface area contributed by atoms with Crippen molar-refractivity contribution >= 4 is 29.8 Å². The topological polar surface area (TPSA) is 80.0 Å². The van der Waals surface area contributed by atoms with Gasteiger partial charge in [0.25, 0.3) is 0 Å². The lowest BCUT2D eigenvalue weighted by molar-refractivity contribution is -0.132. The van der Waals surface area contributed by atoms with Crippen LogP contribution in [0.2, 0.25) is 0 Å². The highest BCUT2D eigenvalue weighted by Crippen LogP contribution is 2.26. The number of nitrogens with one attached hydrogen (secondary N) is 1. The van der Waals surface area contributed by atoms with E-state index in [0.717, 1.165) is 5.56 Å². The molecule has 2 heterocycles. The number of rotatable bonds is 4. The third-order valence-electron chi connectivity index (χ3n) is 3.18. The fourth-order valence-electron chi connectivity index (χ4n) is 2.12. The summed E-state index contributed by atoms with van der Waals surface area (Å²) in [6.45, 7) is 0. The SMILES string of the molecule is CSc1nc2n(n1)[C@@H](/C=C/c1ccccc1)C=C(C(=O)O)N2. The van der Waals surface area contributed by atoms with E-state index in [1.165, 1.54) is 11.8 Å². The van der Waals surface area contributed by atoms with E-state index in [-0.39, 0.29) is 11.7 Å². The molecule has 0 bridgehead atoms. The van der Waals surface area contributed by atoms with E-state index in [1.54, 1.807) is 10.8 Å². The van der Waals surface area contributed by atoms with Crippen LogP contribution in [0.25, 0.3) is 6.08 Å². The number of carboxylic acid groups (broad SMARTS) is 1. The summed E-state index contributed by atoms with van der Waals surface area (Å²) >= 11 is 1.41. The molecule has 1 aliphatic heterocycles. The van der Waals surface area contributed by atoms with E-state index in [2.05, 4.69) is 15.4 Å². The van der Waals surface area contributed by atoms with E-state index in [1.807, 2.05) is 48.7 Å². The summed E-state index contributed by atoms with van der Waals surface area (Å²) in [6.07, 6.45) is 7.34. The van der Waals surface area contributed by atoms with E-state index in [0.29, 0.717) is 11.1 Å². The number of hydrogen-bond donors (Lipinski definition) is 2. The summed E-state index contributed by atoms with van der Waals surface area (Å²) in [6, 6.07) is 9.52. The molecule has 2 aromatic rings. The number of anilines is 1. The maximum absolute atomic E-state index is 11.2. The van der Waals surface area contributed by atoms with Gasteiger partial charge in [-0.3, -0.25) is 0 Å². The molecule has 0 fully saturated rings. The van der Waals surface area contributed by atoms with Gasteiger partial charge in [-0.15, -0.1) is 5.10 Å². The molecule has 112 valence electrons. The molecule has 0 saturated heterocycles. The first-order chi connectivity index (χ1) is 10.7. The summed E-state index contributed by atoms with van der Waals surface area (Å²) in [5.74, 6) is -0.579. The highest BCUT2D eigenvalue weighted by atomic mass is 32.2. The number of nitrogens with zero attached hydrogens (tertiary/aromatic N) is 3. The second-order valence-electron chi connectivity index (χ2n) is 4.64. The lowest BCUT2D eigenvalue weighted by atomic mass is 10.1. The summed E-state index contributed by atoms with van der Waals surface area (Å²) in [5.41, 5.74) is 1.15. The summed E-state index contributed by atoms with van der Waals surface area (Å²) in [5, 5.41) is 17.0. The van der Waals surface area contributed by atoms with Crippen LogP contribution in [-0.4, -0.2) is 32.1 Å². The Balaban J connectivity index is 1.95. The molecule has 0 amide bonds. The molecular formula is C15H14N4O2S. The molecule has 1 aromatic carbocycles. The second-order valence-corrected chi connectivity index (χ2v) is 5.41. The maximum atomic E-state index is 11.2. The molecule has 6 nitrogen and oxygen atoms in total. The van der Waals surface area contributed by atoms with Gasteiger partial charge in [0.15, 0.2) is 0 Å². The van der Waals surface area contributed by atoms with E-state index in [9.17, 15) is 9.90 Å². The Hall–Kier alpha value is -2.54. The minimum atomic E-state index is -1.02. The van der Waals surface area contributed by atoms with Gasteiger partial charge in [0.05, 0.1) is 6.04 Å². The van der Waals surface area contributed by atoms with Crippen LogP contribution in [0.3, 0.4) is 0 Å². The number of thioether (sulfide) groups is 1. The Labute approximate surface area is 131 Å². The summed E-state index contributed by atoms with van der Waals surface area (Å²) in [4.78, 5) is 15.5. The third kappa shape index (κ3) is 2.89. The van der Waals surface area contributed by atoms with E-state index in [4.69, 9.17) is 0 Å². The lowest BCUT2D eigenvalue weighted by Gasteiger charge is -2.19. The Kier molecular flexibility index (Phi) is 3.97. The van der Waals surface area contributed by atoms with Crippen molar-refractivity contribution in [1.29, 1.82) is 0 Å². The summed E-state index contributed by atoms with van der Waals surface area (Å²) in [7, 11) is 0. The van der Waals surface area contributed by atoms with Crippen LogP contribution >= 0.6 is 11.8 Å². The zero-order valence-corrected chi connectivity index (χ0v) is 12.6. The van der Waals surface area contributed by atoms with Gasteiger partial charge in [-0.2, -0.15) is 4.98 Å². The van der Waals surface area contributed by atoms with E-state index < -0.39 is 5.97 Å². The Morgan fingerprint density at radius 3 is 2.86 bits per heavy atom. The molecule has 3 rings (SSSR count). The Bertz CT molecular complexity index is 752. The monoisotopic (exact) mass is 314 g/mol. The Morgan fingerprint density at radius 1 is 1.41 bits per heavy atom. The molecule has 22 heavy (non-hydrogen) atoms. The molecule has 2 N–H and O–H groups in total. The van der Waals surface area contributed by atoms with Crippen molar-refractivity contribution in [3.63, 3.8) is 0 Å². The highest BCUT2D eigenvalue weighted by Gasteiger charge is 2.24. The molecule has 1 aromatic heterocycles. The van der Waals surface area contributed by atoms with Crippen LogP contribution in [0.5, 0.6) is 0 Å². The number of carboxylic acids is 1. The first-order valence-electron chi connectivity index (χ1n) is 6.63. The molecule has 0 spiro atoms. The molecule has 0 aliphatic carbocycles. The number of carbonyl (C=O) groups is 1. The van der Waals surface area contributed by atoms with Gasteiger partial charge < -0.3 is 10.4 Å². The number of aliphatic carboxylic acids is 1. The molecular weight excluding hydrogens is 300 g/mol. The largest absolute Gasteiger partial charge is 0.477 e. The van der Waals surface area contributed by atoms with Crippen LogP contribution in [-0.2, 0) is 4.79 Å². The van der Waals surface area contributed by atoms with Crippen LogP contribution in [0.1, 0.15) is 11.6 Å². The predicted octanol–water partition coefficient (Wildman–Crippen LogP) is 2.65. The fourth-order valence-corrected chi connectivity index (χ4v) is 2.47. The van der Waals surface area contributed by atoms with Crippen molar-refractivity contribution in [2.45, 2.75) is 11.2 Å². The second kappa shape index (κ2) is 6.07. The summed E-state index contributed by atoms with van der Waals surface area (Å²) < 4.78 is 1.68. The van der Waals surface area contributed by atoms with Crippen molar-refractivity contribution in [3.8, 4) is 0 Å². The number of allylic oxidation sites excluding steroid dienone is 2. The number of aromatic nitrogens is 3. The quantitative estimate of drug-likeness (QED) is 0.845. The Morgan fingerprint density at radius 2 is 2.18 bits per heavy atom. The van der Waals surface area contributed by atoms with Gasteiger partial charge in [-0.05, 0) is 17.9 Å². The number of benzene rings is 1. The van der Waals surface area contributed by atoms with Crippen LogP contribution in [0, 0.1) is 0 Å². The molecule has 7 heteroatoms. The van der Waals surface area contributed by atoms with Crippen molar-refractivity contribution in [3.05, 3.63) is 53.7 Å². The van der Waals surface area contributed by atoms with Crippen molar-refractivity contribution in [1.82, 2.24) is 14.8 Å². The van der Waals surface area contributed by atoms with Gasteiger partial charge in [0.1, 0.15) is 5.70 Å². The van der Waals surface area contributed by atoms with Gasteiger partial charge in [-0.25, -0.2) is 9.48 Å². The predicted molar refractivity (Wildman–Crippen MR) is 85.7 cm³/mol. The van der Waals surface area contributed by atoms with Crippen LogP contribution in [0.15, 0.2) is 53.3 Å². The van der Waals surface area contributed by atoms with Gasteiger partial charge in [0.2, 0.25) is 11.1 Å². The smallest absolute Gasteiger partial charge is 0.352 e. The zero-order chi connectivity index (χ0) is 15.5. The van der Waals surface area contributed by atoms with Crippen LogP contribution < -0.4 is 5.32 Å². The standard InChI is InChI=1S/C15H14N4O2S/c1-22-15-17-14-16-12(13(20)21)9-11(19(14)18-15)8-7-10-5-3-2-4-6-10/h2-9,11H,1H3,(H,20,21)(H,16,17,18)/b8-7+/t11-/m0/s1. The molecule has 1 aliphatic rings. The normalized spacial score (nSPS) is 17.0. The maximum Gasteiger partial charge on any atom is 0.352 e. The van der Waals surface area contributed by atoms with Crippen molar-refractivity contribution in [2.75, 3.05) is 11.6 Å². The first-order valence-corrected chi connectivity index (χ1v) is 7.86. The van der Waals surface area contributed by atoms with Gasteiger partial charge >= 0.3 is 5.97 Å². The lowest BCUT2D eigenvalue weighted by Crippen LogP contribution is -2.22. The molecule has 0 saturated carbocycles.